The van der Waals surface area contributed by atoms with Crippen molar-refractivity contribution in [3.8, 4) is 5.69 Å². The molecule has 0 bridgehead atoms. The number of tetrazole rings is 1. The summed E-state index contributed by atoms with van der Waals surface area (Å²) in [5.41, 5.74) is -0.228. The highest BCUT2D eigenvalue weighted by Gasteiger charge is 2.35. The number of halogens is 4. The van der Waals surface area contributed by atoms with Crippen LogP contribution in [0.5, 0.6) is 0 Å². The Morgan fingerprint density at radius 1 is 1.07 bits per heavy atom. The molecule has 4 rings (SSSR count). The van der Waals surface area contributed by atoms with E-state index in [1.165, 1.54) is 23.9 Å². The van der Waals surface area contributed by atoms with E-state index in [4.69, 9.17) is 11.6 Å². The van der Waals surface area contributed by atoms with Crippen LogP contribution in [0, 0.1) is 0 Å². The van der Waals surface area contributed by atoms with Crippen LogP contribution < -0.4 is 0 Å². The highest BCUT2D eigenvalue weighted by Crippen LogP contribution is 2.36. The topological polar surface area (TPSA) is 56.5 Å². The first-order valence-corrected chi connectivity index (χ1v) is 9.41. The number of hydrogen-bond donors (Lipinski definition) is 0. The fourth-order valence-corrected chi connectivity index (χ4v) is 3.86. The summed E-state index contributed by atoms with van der Waals surface area (Å²) in [4.78, 5) is 5.24. The van der Waals surface area contributed by atoms with Crippen molar-refractivity contribution >= 4 is 34.3 Å². The summed E-state index contributed by atoms with van der Waals surface area (Å²) in [6.07, 6.45) is -2.90. The standard InChI is InChI=1S/C18H11ClF3N5S/c19-11-5-6-15(13(9-11)18(20,21)22)27-17(24-25-26-27)10-28-16-7-8-23-14-4-2-1-3-12(14)16/h1-9H,10H2. The van der Waals surface area contributed by atoms with Crippen LogP contribution in [0.25, 0.3) is 16.6 Å². The van der Waals surface area contributed by atoms with Gasteiger partial charge >= 0.3 is 6.18 Å². The Bertz CT molecular complexity index is 1140. The lowest BCUT2D eigenvalue weighted by Crippen LogP contribution is -2.13. The molecule has 0 radical (unpaired) electrons. The smallest absolute Gasteiger partial charge is 0.256 e. The molecule has 5 nitrogen and oxygen atoms in total. The molecule has 4 aromatic rings. The number of thioether (sulfide) groups is 1. The average Bonchev–Trinajstić information content (AvgIpc) is 3.14. The second-order valence-corrected chi connectivity index (χ2v) is 7.23. The van der Waals surface area contributed by atoms with E-state index in [0.717, 1.165) is 26.5 Å². The molecule has 142 valence electrons. The lowest BCUT2D eigenvalue weighted by molar-refractivity contribution is -0.137. The molecule has 0 N–H and O–H groups in total. The van der Waals surface area contributed by atoms with E-state index in [0.29, 0.717) is 5.82 Å². The zero-order chi connectivity index (χ0) is 19.7. The highest BCUT2D eigenvalue weighted by atomic mass is 35.5. The average molecular weight is 422 g/mol. The molecule has 10 heteroatoms. The third-order valence-corrected chi connectivity index (χ3v) is 5.30. The number of benzene rings is 2. The van der Waals surface area contributed by atoms with Crippen molar-refractivity contribution in [2.75, 3.05) is 0 Å². The summed E-state index contributed by atoms with van der Waals surface area (Å²) in [5.74, 6) is 0.569. The maximum Gasteiger partial charge on any atom is 0.418 e. The molecule has 0 aliphatic heterocycles. The van der Waals surface area contributed by atoms with Gasteiger partial charge < -0.3 is 0 Å². The van der Waals surface area contributed by atoms with Gasteiger partial charge in [0.05, 0.1) is 22.5 Å². The predicted molar refractivity (Wildman–Crippen MR) is 100 cm³/mol. The summed E-state index contributed by atoms with van der Waals surface area (Å²) >= 11 is 7.17. The van der Waals surface area contributed by atoms with Crippen LogP contribution in [-0.4, -0.2) is 25.2 Å². The maximum absolute atomic E-state index is 13.4. The maximum atomic E-state index is 13.4. The number of pyridine rings is 1. The van der Waals surface area contributed by atoms with E-state index in [2.05, 4.69) is 20.5 Å². The molecule has 0 unspecified atom stereocenters. The molecule has 0 amide bonds. The Morgan fingerprint density at radius 3 is 2.71 bits per heavy atom. The van der Waals surface area contributed by atoms with Crippen molar-refractivity contribution in [2.45, 2.75) is 16.8 Å². The Morgan fingerprint density at radius 2 is 1.89 bits per heavy atom. The molecule has 0 fully saturated rings. The van der Waals surface area contributed by atoms with Crippen LogP contribution in [0.4, 0.5) is 13.2 Å². The summed E-state index contributed by atoms with van der Waals surface area (Å²) < 4.78 is 41.4. The van der Waals surface area contributed by atoms with Crippen LogP contribution in [0.3, 0.4) is 0 Å². The third-order valence-electron chi connectivity index (χ3n) is 3.99. The summed E-state index contributed by atoms with van der Waals surface area (Å²) in [5, 5.41) is 12.1. The zero-order valence-electron chi connectivity index (χ0n) is 14.1. The van der Waals surface area contributed by atoms with Gasteiger partial charge in [-0.1, -0.05) is 29.8 Å². The van der Waals surface area contributed by atoms with Crippen LogP contribution >= 0.6 is 23.4 Å². The van der Waals surface area contributed by atoms with Crippen molar-refractivity contribution in [3.63, 3.8) is 0 Å². The Labute approximate surface area is 166 Å². The van der Waals surface area contributed by atoms with Crippen molar-refractivity contribution in [1.82, 2.24) is 25.2 Å². The first kappa shape index (κ1) is 18.7. The van der Waals surface area contributed by atoms with Gasteiger partial charge in [0.2, 0.25) is 0 Å². The van der Waals surface area contributed by atoms with E-state index in [9.17, 15) is 13.2 Å². The molecular weight excluding hydrogens is 411 g/mol. The minimum Gasteiger partial charge on any atom is -0.256 e. The molecule has 0 aliphatic rings. The normalized spacial score (nSPS) is 11.9. The molecule has 2 heterocycles. The van der Waals surface area contributed by atoms with E-state index in [1.807, 2.05) is 30.3 Å². The van der Waals surface area contributed by atoms with Gasteiger partial charge in [0.15, 0.2) is 5.82 Å². The lowest BCUT2D eigenvalue weighted by Gasteiger charge is -2.14. The van der Waals surface area contributed by atoms with E-state index < -0.39 is 11.7 Å². The SMILES string of the molecule is FC(F)(F)c1cc(Cl)ccc1-n1nnnc1CSc1ccnc2ccccc12. The summed E-state index contributed by atoms with van der Waals surface area (Å²) in [7, 11) is 0. The van der Waals surface area contributed by atoms with Gasteiger partial charge in [0, 0.05) is 21.5 Å². The van der Waals surface area contributed by atoms with Gasteiger partial charge in [-0.25, -0.2) is 0 Å². The monoisotopic (exact) mass is 421 g/mol. The van der Waals surface area contributed by atoms with Gasteiger partial charge in [0.1, 0.15) is 0 Å². The third kappa shape index (κ3) is 3.67. The fraction of sp³-hybridized carbons (Fsp3) is 0.111. The van der Waals surface area contributed by atoms with Crippen LogP contribution in [0.1, 0.15) is 11.4 Å². The molecule has 0 saturated heterocycles. The Kier molecular flexibility index (Phi) is 4.94. The quantitative estimate of drug-likeness (QED) is 0.425. The van der Waals surface area contributed by atoms with Gasteiger partial charge in [-0.2, -0.15) is 17.9 Å². The zero-order valence-corrected chi connectivity index (χ0v) is 15.6. The molecular formula is C18H11ClF3N5S. The largest absolute Gasteiger partial charge is 0.418 e. The highest BCUT2D eigenvalue weighted by molar-refractivity contribution is 7.98. The molecule has 2 aromatic heterocycles. The summed E-state index contributed by atoms with van der Waals surface area (Å²) in [6, 6.07) is 13.0. The summed E-state index contributed by atoms with van der Waals surface area (Å²) in [6.45, 7) is 0. The van der Waals surface area contributed by atoms with E-state index >= 15 is 0 Å². The molecule has 0 atom stereocenters. The van der Waals surface area contributed by atoms with Crippen LogP contribution in [-0.2, 0) is 11.9 Å². The predicted octanol–water partition coefficient (Wildman–Crippen LogP) is 5.18. The molecule has 0 spiro atoms. The number of para-hydroxylation sites is 1. The molecule has 0 aliphatic carbocycles. The first-order chi connectivity index (χ1) is 13.4. The van der Waals surface area contributed by atoms with Gasteiger partial charge in [-0.15, -0.1) is 16.9 Å². The van der Waals surface area contributed by atoms with Crippen molar-refractivity contribution in [3.05, 3.63) is 71.1 Å². The number of hydrogen-bond acceptors (Lipinski definition) is 5. The van der Waals surface area contributed by atoms with Crippen LogP contribution in [0.15, 0.2) is 59.6 Å². The molecule has 2 aromatic carbocycles. The Balaban J connectivity index is 1.68. The van der Waals surface area contributed by atoms with Crippen molar-refractivity contribution in [2.24, 2.45) is 0 Å². The number of fused-ring (bicyclic) bond motifs is 1. The van der Waals surface area contributed by atoms with Crippen molar-refractivity contribution < 1.29 is 13.2 Å². The number of nitrogens with zero attached hydrogens (tertiary/aromatic N) is 5. The molecule has 0 saturated carbocycles. The first-order valence-electron chi connectivity index (χ1n) is 8.04. The Hall–Kier alpha value is -2.65. The minimum absolute atomic E-state index is 0.0108. The number of rotatable bonds is 4. The minimum atomic E-state index is -4.59. The lowest BCUT2D eigenvalue weighted by atomic mass is 10.1. The molecule has 28 heavy (non-hydrogen) atoms. The van der Waals surface area contributed by atoms with Crippen molar-refractivity contribution in [1.29, 1.82) is 0 Å². The number of alkyl halides is 3. The van der Waals surface area contributed by atoms with Gasteiger partial charge in [-0.3, -0.25) is 4.98 Å². The van der Waals surface area contributed by atoms with E-state index in [-0.39, 0.29) is 16.5 Å². The van der Waals surface area contributed by atoms with Gasteiger partial charge in [-0.05, 0) is 40.8 Å². The number of aromatic nitrogens is 5. The second kappa shape index (κ2) is 7.40. The van der Waals surface area contributed by atoms with E-state index in [1.54, 1.807) is 6.20 Å². The second-order valence-electron chi connectivity index (χ2n) is 5.78. The van der Waals surface area contributed by atoms with Crippen LogP contribution in [0.2, 0.25) is 5.02 Å². The fourth-order valence-electron chi connectivity index (χ4n) is 2.74. The van der Waals surface area contributed by atoms with Gasteiger partial charge in [0.25, 0.3) is 0 Å².